The third-order valence-electron chi connectivity index (χ3n) is 5.72. The summed E-state index contributed by atoms with van der Waals surface area (Å²) < 4.78 is 1.68. The van der Waals surface area contributed by atoms with E-state index >= 15 is 0 Å². The zero-order valence-corrected chi connectivity index (χ0v) is 15.6. The van der Waals surface area contributed by atoms with E-state index in [2.05, 4.69) is 9.88 Å². The Morgan fingerprint density at radius 1 is 1.31 bits per heavy atom. The minimum Gasteiger partial charge on any atom is -0.387 e. The van der Waals surface area contributed by atoms with E-state index in [9.17, 15) is 14.7 Å². The number of amides is 1. The molecule has 7 heteroatoms. The van der Waals surface area contributed by atoms with Crippen molar-refractivity contribution in [1.82, 2.24) is 19.4 Å². The second-order valence-corrected chi connectivity index (χ2v) is 7.91. The summed E-state index contributed by atoms with van der Waals surface area (Å²) in [5.74, 6) is 0.511. The fourth-order valence-electron chi connectivity index (χ4n) is 4.20. The van der Waals surface area contributed by atoms with Gasteiger partial charge < -0.3 is 14.9 Å². The molecule has 3 heterocycles. The quantitative estimate of drug-likeness (QED) is 0.854. The lowest BCUT2D eigenvalue weighted by molar-refractivity contribution is -0.132. The molecule has 0 saturated carbocycles. The molecule has 0 spiro atoms. The summed E-state index contributed by atoms with van der Waals surface area (Å²) in [7, 11) is 0. The molecule has 1 amide bonds. The third-order valence-corrected chi connectivity index (χ3v) is 5.72. The summed E-state index contributed by atoms with van der Waals surface area (Å²) in [5.41, 5.74) is -0.811. The molecule has 0 radical (unpaired) electrons. The summed E-state index contributed by atoms with van der Waals surface area (Å²) in [6, 6.07) is 1.50. The van der Waals surface area contributed by atoms with Gasteiger partial charge >= 0.3 is 0 Å². The van der Waals surface area contributed by atoms with Gasteiger partial charge in [-0.1, -0.05) is 0 Å². The van der Waals surface area contributed by atoms with Crippen LogP contribution in [0.25, 0.3) is 0 Å². The molecule has 3 rings (SSSR count). The number of likely N-dealkylation sites (tertiary alicyclic amines) is 2. The predicted molar refractivity (Wildman–Crippen MR) is 98.7 cm³/mol. The Bertz CT molecular complexity index is 669. The normalized spacial score (nSPS) is 25.8. The molecule has 2 fully saturated rings. The van der Waals surface area contributed by atoms with Gasteiger partial charge in [0.1, 0.15) is 0 Å². The second-order valence-electron chi connectivity index (χ2n) is 7.91. The Kier molecular flexibility index (Phi) is 6.09. The Morgan fingerprint density at radius 2 is 2.08 bits per heavy atom. The van der Waals surface area contributed by atoms with E-state index in [-0.39, 0.29) is 11.5 Å². The Hall–Kier alpha value is -1.73. The number of hydrogen-bond donors (Lipinski definition) is 1. The molecule has 0 aliphatic carbocycles. The molecule has 26 heavy (non-hydrogen) atoms. The first kappa shape index (κ1) is 19.0. The van der Waals surface area contributed by atoms with Gasteiger partial charge in [-0.15, -0.1) is 0 Å². The van der Waals surface area contributed by atoms with Crippen LogP contribution >= 0.6 is 0 Å². The van der Waals surface area contributed by atoms with Crippen molar-refractivity contribution in [1.29, 1.82) is 0 Å². The van der Waals surface area contributed by atoms with Gasteiger partial charge in [0.15, 0.2) is 0 Å². The second kappa shape index (κ2) is 8.31. The van der Waals surface area contributed by atoms with Crippen molar-refractivity contribution < 1.29 is 9.90 Å². The molecule has 0 bridgehead atoms. The van der Waals surface area contributed by atoms with Crippen LogP contribution in [0.2, 0.25) is 0 Å². The number of carbonyl (C=O) groups is 1. The van der Waals surface area contributed by atoms with Gasteiger partial charge in [0, 0.05) is 38.8 Å². The SMILES string of the molecule is CC(=O)N1CCCCC(O)(CN2CCC(Cn3cnccc3=O)CC2)C1. The first-order valence-corrected chi connectivity index (χ1v) is 9.66. The van der Waals surface area contributed by atoms with Crippen molar-refractivity contribution in [2.24, 2.45) is 5.92 Å². The van der Waals surface area contributed by atoms with Crippen molar-refractivity contribution in [3.63, 3.8) is 0 Å². The van der Waals surface area contributed by atoms with Gasteiger partial charge in [0.25, 0.3) is 5.56 Å². The summed E-state index contributed by atoms with van der Waals surface area (Å²) in [5, 5.41) is 11.1. The van der Waals surface area contributed by atoms with Crippen LogP contribution in [0, 0.1) is 5.92 Å². The van der Waals surface area contributed by atoms with Crippen LogP contribution in [0.5, 0.6) is 0 Å². The molecular weight excluding hydrogens is 332 g/mol. The third kappa shape index (κ3) is 4.92. The molecule has 2 aliphatic rings. The minimum atomic E-state index is -0.810. The molecular formula is C19H30N4O3. The standard InChI is InChI=1S/C19H30N4O3/c1-16(24)22-9-3-2-7-19(26,14-22)13-21-10-5-17(6-11-21)12-23-15-20-8-4-18(23)25/h4,8,15,17,26H,2-3,5-7,9-14H2,1H3. The van der Waals surface area contributed by atoms with Gasteiger partial charge in [0.2, 0.25) is 5.91 Å². The van der Waals surface area contributed by atoms with E-state index in [4.69, 9.17) is 0 Å². The number of β-amino-alcohol motifs (C(OH)–C–C–N with tert-alkyl or cyclic N) is 1. The van der Waals surface area contributed by atoms with Crippen molar-refractivity contribution >= 4 is 5.91 Å². The van der Waals surface area contributed by atoms with E-state index in [1.54, 1.807) is 22.7 Å². The average molecular weight is 362 g/mol. The van der Waals surface area contributed by atoms with Gasteiger partial charge in [-0.05, 0) is 51.1 Å². The van der Waals surface area contributed by atoms with Gasteiger partial charge in [-0.2, -0.15) is 0 Å². The largest absolute Gasteiger partial charge is 0.387 e. The maximum absolute atomic E-state index is 11.8. The van der Waals surface area contributed by atoms with Crippen molar-refractivity contribution in [3.05, 3.63) is 28.9 Å². The van der Waals surface area contributed by atoms with Gasteiger partial charge in [0.05, 0.1) is 18.5 Å². The number of aliphatic hydroxyl groups is 1. The van der Waals surface area contributed by atoms with Crippen LogP contribution in [0.4, 0.5) is 0 Å². The monoisotopic (exact) mass is 362 g/mol. The average Bonchev–Trinajstić information content (AvgIpc) is 2.81. The first-order chi connectivity index (χ1) is 12.5. The van der Waals surface area contributed by atoms with Gasteiger partial charge in [-0.3, -0.25) is 14.2 Å². The highest BCUT2D eigenvalue weighted by molar-refractivity contribution is 5.73. The Balaban J connectivity index is 1.52. The fraction of sp³-hybridized carbons (Fsp3) is 0.737. The van der Waals surface area contributed by atoms with Crippen molar-refractivity contribution in [2.75, 3.05) is 32.7 Å². The molecule has 144 valence electrons. The molecule has 1 atom stereocenters. The van der Waals surface area contributed by atoms with E-state index < -0.39 is 5.60 Å². The molecule has 2 aliphatic heterocycles. The molecule has 7 nitrogen and oxygen atoms in total. The molecule has 1 aromatic rings. The van der Waals surface area contributed by atoms with Crippen molar-refractivity contribution in [2.45, 2.75) is 51.2 Å². The summed E-state index contributed by atoms with van der Waals surface area (Å²) >= 11 is 0. The van der Waals surface area contributed by atoms with Gasteiger partial charge in [-0.25, -0.2) is 4.98 Å². The smallest absolute Gasteiger partial charge is 0.253 e. The van der Waals surface area contributed by atoms with E-state index in [0.29, 0.717) is 25.6 Å². The molecule has 0 aromatic carbocycles. The van der Waals surface area contributed by atoms with E-state index in [0.717, 1.165) is 51.7 Å². The van der Waals surface area contributed by atoms with Crippen LogP contribution in [-0.2, 0) is 11.3 Å². The number of hydrogen-bond acceptors (Lipinski definition) is 5. The van der Waals surface area contributed by atoms with Crippen LogP contribution in [0.3, 0.4) is 0 Å². The van der Waals surface area contributed by atoms with E-state index in [1.165, 1.54) is 12.3 Å². The zero-order chi connectivity index (χ0) is 18.6. The number of carbonyl (C=O) groups excluding carboxylic acids is 1. The van der Waals surface area contributed by atoms with Crippen molar-refractivity contribution in [3.8, 4) is 0 Å². The number of rotatable bonds is 4. The number of nitrogens with zero attached hydrogens (tertiary/aromatic N) is 4. The molecule has 1 unspecified atom stereocenters. The molecule has 1 N–H and O–H groups in total. The summed E-state index contributed by atoms with van der Waals surface area (Å²) in [6.07, 6.45) is 7.83. The highest BCUT2D eigenvalue weighted by Crippen LogP contribution is 2.25. The van der Waals surface area contributed by atoms with Crippen LogP contribution < -0.4 is 5.56 Å². The Labute approximate surface area is 154 Å². The fourth-order valence-corrected chi connectivity index (χ4v) is 4.20. The lowest BCUT2D eigenvalue weighted by Crippen LogP contribution is -2.52. The highest BCUT2D eigenvalue weighted by Gasteiger charge is 2.35. The predicted octanol–water partition coefficient (Wildman–Crippen LogP) is 0.719. The summed E-state index contributed by atoms with van der Waals surface area (Å²) in [4.78, 5) is 31.7. The van der Waals surface area contributed by atoms with Crippen LogP contribution in [0.1, 0.15) is 39.0 Å². The number of piperidine rings is 1. The highest BCUT2D eigenvalue weighted by atomic mass is 16.3. The lowest BCUT2D eigenvalue weighted by atomic mass is 9.92. The maximum atomic E-state index is 11.8. The maximum Gasteiger partial charge on any atom is 0.253 e. The summed E-state index contributed by atoms with van der Waals surface area (Å²) in [6.45, 7) is 5.94. The van der Waals surface area contributed by atoms with Crippen LogP contribution in [-0.4, -0.2) is 68.7 Å². The van der Waals surface area contributed by atoms with Crippen LogP contribution in [0.15, 0.2) is 23.4 Å². The minimum absolute atomic E-state index is 0.000444. The molecule has 1 aromatic heterocycles. The lowest BCUT2D eigenvalue weighted by Gasteiger charge is -2.39. The van der Waals surface area contributed by atoms with E-state index in [1.807, 2.05) is 0 Å². The Morgan fingerprint density at radius 3 is 2.77 bits per heavy atom. The zero-order valence-electron chi connectivity index (χ0n) is 15.6. The first-order valence-electron chi connectivity index (χ1n) is 9.66. The topological polar surface area (TPSA) is 78.7 Å². The molecule has 2 saturated heterocycles. The number of aromatic nitrogens is 2.